The Kier molecular flexibility index (Phi) is 5.01. The van der Waals surface area contributed by atoms with Crippen molar-refractivity contribution in [2.24, 2.45) is 5.73 Å². The second-order valence-corrected chi connectivity index (χ2v) is 8.83. The molecule has 1 unspecified atom stereocenters. The van der Waals surface area contributed by atoms with Gasteiger partial charge in [0.15, 0.2) is 26.3 Å². The molecule has 4 rings (SSSR count). The number of nitrogens with one attached hydrogen (secondary N) is 1. The molecule has 3 N–H and O–H groups in total. The molecular weight excluding hydrogens is 435 g/mol. The third kappa shape index (κ3) is 4.27. The molecule has 0 radical (unpaired) electrons. The van der Waals surface area contributed by atoms with E-state index in [0.717, 1.165) is 6.26 Å². The number of H-pyrrole nitrogens is 1. The number of aromatic amines is 1. The highest BCUT2D eigenvalue weighted by Gasteiger charge is 2.31. The summed E-state index contributed by atoms with van der Waals surface area (Å²) in [7, 11) is -3.72. The highest BCUT2D eigenvalue weighted by molar-refractivity contribution is 7.90. The van der Waals surface area contributed by atoms with Crippen LogP contribution in [0.4, 0.5) is 13.2 Å². The molecule has 0 spiro atoms. The Morgan fingerprint density at radius 2 is 1.94 bits per heavy atom. The van der Waals surface area contributed by atoms with Crippen LogP contribution >= 0.6 is 0 Å². The molecule has 0 amide bonds. The molecule has 0 bridgehead atoms. The summed E-state index contributed by atoms with van der Waals surface area (Å²) < 4.78 is 63.6. The smallest absolute Gasteiger partial charge is 0.343 e. The van der Waals surface area contributed by atoms with Crippen molar-refractivity contribution in [1.82, 2.24) is 29.7 Å². The summed E-state index contributed by atoms with van der Waals surface area (Å²) in [5.74, 6) is 0.217. The van der Waals surface area contributed by atoms with Gasteiger partial charge in [0.05, 0.1) is 18.3 Å². The van der Waals surface area contributed by atoms with Gasteiger partial charge in [0.2, 0.25) is 0 Å². The van der Waals surface area contributed by atoms with Gasteiger partial charge < -0.3 is 10.7 Å². The van der Waals surface area contributed by atoms with Gasteiger partial charge in [-0.3, -0.25) is 0 Å². The van der Waals surface area contributed by atoms with E-state index in [1.807, 2.05) is 0 Å². The number of hydrogen-bond acceptors (Lipinski definition) is 7. The summed E-state index contributed by atoms with van der Waals surface area (Å²) in [5.41, 5.74) is 7.57. The SMILES string of the molecule is CS(=O)(=O)c1nn(-c2ccc(C(N)CC(F)(F)F)cn2)cc1-c1ccnc2nc[nH]c12. The average Bonchev–Trinajstić information content (AvgIpc) is 3.33. The Morgan fingerprint density at radius 3 is 2.58 bits per heavy atom. The molecule has 13 heteroatoms. The number of sulfone groups is 1. The minimum Gasteiger partial charge on any atom is -0.343 e. The highest BCUT2D eigenvalue weighted by atomic mass is 32.2. The van der Waals surface area contributed by atoms with Crippen molar-refractivity contribution in [2.45, 2.75) is 23.7 Å². The Balaban J connectivity index is 1.76. The van der Waals surface area contributed by atoms with Crippen molar-refractivity contribution in [2.75, 3.05) is 6.26 Å². The lowest BCUT2D eigenvalue weighted by Crippen LogP contribution is -2.20. The second kappa shape index (κ2) is 7.42. The van der Waals surface area contributed by atoms with E-state index in [2.05, 4.69) is 25.0 Å². The average molecular weight is 451 g/mol. The minimum absolute atomic E-state index is 0.186. The molecule has 0 fully saturated rings. The van der Waals surface area contributed by atoms with E-state index in [1.165, 1.54) is 41.7 Å². The fourth-order valence-corrected chi connectivity index (χ4v) is 3.93. The predicted octanol–water partition coefficient (Wildman–Crippen LogP) is 2.56. The summed E-state index contributed by atoms with van der Waals surface area (Å²) in [6.45, 7) is 0. The van der Waals surface area contributed by atoms with E-state index in [-0.39, 0.29) is 16.4 Å². The highest BCUT2D eigenvalue weighted by Crippen LogP contribution is 2.32. The van der Waals surface area contributed by atoms with Gasteiger partial charge in [-0.2, -0.15) is 18.3 Å². The van der Waals surface area contributed by atoms with Crippen molar-refractivity contribution >= 4 is 21.0 Å². The standard InChI is InChI=1S/C18H16F3N7O2S/c1-31(29,30)17-12(11-4-5-23-16-15(11)25-9-26-16)8-28(27-17)14-3-2-10(7-24-14)13(22)6-18(19,20)21/h2-5,7-9,13H,6,22H2,1H3,(H,23,25,26). The molecule has 4 aromatic rings. The number of nitrogens with zero attached hydrogens (tertiary/aromatic N) is 5. The van der Waals surface area contributed by atoms with Crippen LogP contribution in [0.25, 0.3) is 28.1 Å². The first kappa shape index (κ1) is 20.9. The largest absolute Gasteiger partial charge is 0.390 e. The predicted molar refractivity (Wildman–Crippen MR) is 105 cm³/mol. The maximum atomic E-state index is 12.6. The number of aromatic nitrogens is 6. The minimum atomic E-state index is -4.40. The Hall–Kier alpha value is -3.32. The van der Waals surface area contributed by atoms with Gasteiger partial charge in [-0.25, -0.2) is 28.1 Å². The first-order valence-corrected chi connectivity index (χ1v) is 10.8. The van der Waals surface area contributed by atoms with Gasteiger partial charge in [-0.05, 0) is 17.7 Å². The maximum Gasteiger partial charge on any atom is 0.390 e. The number of hydrogen-bond donors (Lipinski definition) is 2. The number of imidazole rings is 1. The topological polar surface area (TPSA) is 132 Å². The molecule has 1 atom stereocenters. The van der Waals surface area contributed by atoms with Crippen molar-refractivity contribution in [3.05, 3.63) is 48.7 Å². The zero-order valence-electron chi connectivity index (χ0n) is 16.0. The monoisotopic (exact) mass is 451 g/mol. The van der Waals surface area contributed by atoms with Gasteiger partial charge in [0, 0.05) is 42.0 Å². The van der Waals surface area contributed by atoms with E-state index >= 15 is 0 Å². The fourth-order valence-electron chi connectivity index (χ4n) is 3.13. The van der Waals surface area contributed by atoms with Crippen LogP contribution < -0.4 is 5.73 Å². The Labute approximate surface area is 174 Å². The second-order valence-electron chi connectivity index (χ2n) is 6.90. The van der Waals surface area contributed by atoms with E-state index in [0.29, 0.717) is 22.3 Å². The van der Waals surface area contributed by atoms with E-state index < -0.39 is 28.5 Å². The van der Waals surface area contributed by atoms with E-state index in [4.69, 9.17) is 5.73 Å². The summed E-state index contributed by atoms with van der Waals surface area (Å²) in [6.07, 6.45) is 1.08. The molecule has 0 aliphatic rings. The fraction of sp³-hybridized carbons (Fsp3) is 0.222. The van der Waals surface area contributed by atoms with Gasteiger partial charge in [-0.1, -0.05) is 6.07 Å². The quantitative estimate of drug-likeness (QED) is 0.476. The van der Waals surface area contributed by atoms with Crippen LogP contribution in [0.3, 0.4) is 0 Å². The van der Waals surface area contributed by atoms with E-state index in [9.17, 15) is 21.6 Å². The van der Waals surface area contributed by atoms with E-state index in [1.54, 1.807) is 6.07 Å². The Morgan fingerprint density at radius 1 is 1.16 bits per heavy atom. The van der Waals surface area contributed by atoms with Crippen LogP contribution in [0.5, 0.6) is 0 Å². The zero-order valence-corrected chi connectivity index (χ0v) is 16.8. The Bertz CT molecular complexity index is 1340. The van der Waals surface area contributed by atoms with Crippen LogP contribution in [0.2, 0.25) is 0 Å². The van der Waals surface area contributed by atoms with Crippen LogP contribution in [0.1, 0.15) is 18.0 Å². The molecule has 0 aromatic carbocycles. The molecular formula is C18H16F3N7O2S. The molecule has 4 aromatic heterocycles. The summed E-state index contributed by atoms with van der Waals surface area (Å²) in [4.78, 5) is 15.2. The zero-order chi connectivity index (χ0) is 22.4. The lowest BCUT2D eigenvalue weighted by molar-refractivity contribution is -0.138. The van der Waals surface area contributed by atoms with Gasteiger partial charge in [0.1, 0.15) is 0 Å². The first-order chi connectivity index (χ1) is 14.5. The van der Waals surface area contributed by atoms with Crippen LogP contribution in [-0.2, 0) is 9.84 Å². The number of alkyl halides is 3. The molecule has 9 nitrogen and oxygen atoms in total. The van der Waals surface area contributed by atoms with Gasteiger partial charge in [0.25, 0.3) is 0 Å². The van der Waals surface area contributed by atoms with Crippen molar-refractivity contribution in [3.63, 3.8) is 0 Å². The lowest BCUT2D eigenvalue weighted by atomic mass is 10.1. The first-order valence-electron chi connectivity index (χ1n) is 8.90. The summed E-state index contributed by atoms with van der Waals surface area (Å²) >= 11 is 0. The normalized spacial score (nSPS) is 13.6. The maximum absolute atomic E-state index is 12.6. The van der Waals surface area contributed by atoms with Crippen molar-refractivity contribution in [1.29, 1.82) is 0 Å². The summed E-state index contributed by atoms with van der Waals surface area (Å²) in [6, 6.07) is 3.20. The van der Waals surface area contributed by atoms with Crippen LogP contribution in [-0.4, -0.2) is 50.6 Å². The molecule has 31 heavy (non-hydrogen) atoms. The molecule has 0 aliphatic heterocycles. The number of pyridine rings is 2. The molecule has 0 saturated carbocycles. The van der Waals surface area contributed by atoms with Crippen molar-refractivity contribution in [3.8, 4) is 16.9 Å². The third-order valence-corrected chi connectivity index (χ3v) is 5.54. The third-order valence-electron chi connectivity index (χ3n) is 4.53. The lowest BCUT2D eigenvalue weighted by Gasteiger charge is -2.14. The van der Waals surface area contributed by atoms with Crippen LogP contribution in [0.15, 0.2) is 48.1 Å². The number of rotatable bonds is 5. The van der Waals surface area contributed by atoms with Gasteiger partial charge in [-0.15, -0.1) is 0 Å². The molecule has 4 heterocycles. The van der Waals surface area contributed by atoms with Gasteiger partial charge >= 0.3 is 6.18 Å². The number of halogens is 3. The summed E-state index contributed by atoms with van der Waals surface area (Å²) in [5, 5.41) is 3.97. The molecule has 0 aliphatic carbocycles. The molecule has 0 saturated heterocycles. The number of nitrogens with two attached hydrogens (primary N) is 1. The molecule has 162 valence electrons. The number of fused-ring (bicyclic) bond motifs is 1. The van der Waals surface area contributed by atoms with Crippen molar-refractivity contribution < 1.29 is 21.6 Å². The van der Waals surface area contributed by atoms with Crippen LogP contribution in [0, 0.1) is 0 Å².